The van der Waals surface area contributed by atoms with Gasteiger partial charge in [0.1, 0.15) is 5.82 Å². The number of aryl methyl sites for hydroxylation is 1. The predicted molar refractivity (Wildman–Crippen MR) is 103 cm³/mol. The summed E-state index contributed by atoms with van der Waals surface area (Å²) in [6.07, 6.45) is 7.30. The van der Waals surface area contributed by atoms with E-state index in [4.69, 9.17) is 0 Å². The molecule has 0 bridgehead atoms. The lowest BCUT2D eigenvalue weighted by molar-refractivity contribution is -0.134. The van der Waals surface area contributed by atoms with Gasteiger partial charge in [-0.25, -0.2) is 4.39 Å². The zero-order valence-corrected chi connectivity index (χ0v) is 16.1. The molecule has 2 heterocycles. The molecule has 1 aromatic carbocycles. The Labute approximate surface area is 157 Å². The fourth-order valence-electron chi connectivity index (χ4n) is 4.47. The number of amides is 1. The highest BCUT2D eigenvalue weighted by Crippen LogP contribution is 2.25. The van der Waals surface area contributed by atoms with E-state index in [-0.39, 0.29) is 5.82 Å². The molecule has 0 spiro atoms. The Morgan fingerprint density at radius 3 is 2.69 bits per heavy atom. The Bertz CT molecular complexity index is 583. The molecule has 1 amide bonds. The van der Waals surface area contributed by atoms with Gasteiger partial charge in [0.25, 0.3) is 0 Å². The van der Waals surface area contributed by atoms with E-state index in [9.17, 15) is 9.18 Å². The maximum atomic E-state index is 13.3. The third-order valence-corrected chi connectivity index (χ3v) is 6.22. The van der Waals surface area contributed by atoms with E-state index in [2.05, 4.69) is 16.7 Å². The molecular weight excluding hydrogens is 327 g/mol. The fourth-order valence-corrected chi connectivity index (χ4v) is 4.47. The summed E-state index contributed by atoms with van der Waals surface area (Å²) in [7, 11) is 0. The van der Waals surface area contributed by atoms with Crippen LogP contribution < -0.4 is 0 Å². The smallest absolute Gasteiger partial charge is 0.222 e. The number of carbonyl (C=O) groups excluding carboxylic acids is 1. The van der Waals surface area contributed by atoms with Gasteiger partial charge in [-0.15, -0.1) is 0 Å². The Morgan fingerprint density at radius 2 is 1.96 bits per heavy atom. The summed E-state index contributed by atoms with van der Waals surface area (Å²) in [6, 6.07) is 6.91. The van der Waals surface area contributed by atoms with Crippen LogP contribution in [0.15, 0.2) is 24.3 Å². The number of hydrogen-bond donors (Lipinski definition) is 0. The average molecular weight is 361 g/mol. The van der Waals surface area contributed by atoms with Gasteiger partial charge in [0, 0.05) is 19.5 Å². The van der Waals surface area contributed by atoms with Gasteiger partial charge >= 0.3 is 0 Å². The van der Waals surface area contributed by atoms with E-state index in [1.165, 1.54) is 12.5 Å². The number of halogens is 1. The summed E-state index contributed by atoms with van der Waals surface area (Å²) in [6.45, 7) is 7.43. The molecular formula is C22H33FN2O. The standard InChI is InChI=1S/C22H33FN2O/c1-2-24-13-10-19(11-14-24)16-22(26)25-12-4-6-20(17-25)9-8-18-5-3-7-21(23)15-18/h3,5,7,15,19-20H,2,4,6,8-14,16-17H2,1H3. The second-order valence-corrected chi connectivity index (χ2v) is 8.10. The van der Waals surface area contributed by atoms with Gasteiger partial charge in [-0.2, -0.15) is 0 Å². The number of rotatable bonds is 6. The van der Waals surface area contributed by atoms with E-state index in [1.54, 1.807) is 12.1 Å². The van der Waals surface area contributed by atoms with Crippen LogP contribution in [0.1, 0.15) is 51.0 Å². The molecule has 4 heteroatoms. The lowest BCUT2D eigenvalue weighted by Gasteiger charge is -2.35. The summed E-state index contributed by atoms with van der Waals surface area (Å²) < 4.78 is 13.3. The van der Waals surface area contributed by atoms with Crippen molar-refractivity contribution >= 4 is 5.91 Å². The minimum absolute atomic E-state index is 0.155. The highest BCUT2D eigenvalue weighted by molar-refractivity contribution is 5.76. The van der Waals surface area contributed by atoms with Crippen molar-refractivity contribution in [3.63, 3.8) is 0 Å². The minimum atomic E-state index is -0.155. The number of hydrogen-bond acceptors (Lipinski definition) is 2. The third-order valence-electron chi connectivity index (χ3n) is 6.22. The third kappa shape index (κ3) is 5.54. The van der Waals surface area contributed by atoms with Gasteiger partial charge < -0.3 is 9.80 Å². The number of benzene rings is 1. The summed E-state index contributed by atoms with van der Waals surface area (Å²) in [5, 5.41) is 0. The Hall–Kier alpha value is -1.42. The fraction of sp³-hybridized carbons (Fsp3) is 0.682. The molecule has 0 radical (unpaired) electrons. The summed E-state index contributed by atoms with van der Waals surface area (Å²) in [4.78, 5) is 17.3. The number of likely N-dealkylation sites (tertiary alicyclic amines) is 2. The van der Waals surface area contributed by atoms with Crippen molar-refractivity contribution < 1.29 is 9.18 Å². The minimum Gasteiger partial charge on any atom is -0.342 e. The predicted octanol–water partition coefficient (Wildman–Crippen LogP) is 4.12. The lowest BCUT2D eigenvalue weighted by Crippen LogP contribution is -2.42. The monoisotopic (exact) mass is 360 g/mol. The molecule has 1 aromatic rings. The van der Waals surface area contributed by atoms with Crippen LogP contribution >= 0.6 is 0 Å². The van der Waals surface area contributed by atoms with Crippen molar-refractivity contribution in [3.05, 3.63) is 35.6 Å². The molecule has 2 fully saturated rings. The van der Waals surface area contributed by atoms with Crippen LogP contribution in [0.4, 0.5) is 4.39 Å². The zero-order chi connectivity index (χ0) is 18.4. The van der Waals surface area contributed by atoms with Crippen LogP contribution in [-0.2, 0) is 11.2 Å². The maximum absolute atomic E-state index is 13.3. The summed E-state index contributed by atoms with van der Waals surface area (Å²) in [5.74, 6) is 1.32. The van der Waals surface area contributed by atoms with E-state index in [0.717, 1.165) is 76.8 Å². The molecule has 0 saturated carbocycles. The molecule has 2 aliphatic heterocycles. The Kier molecular flexibility index (Phi) is 7.07. The van der Waals surface area contributed by atoms with Gasteiger partial charge in [-0.3, -0.25) is 4.79 Å². The maximum Gasteiger partial charge on any atom is 0.222 e. The molecule has 3 nitrogen and oxygen atoms in total. The van der Waals surface area contributed by atoms with Crippen LogP contribution in [0.25, 0.3) is 0 Å². The van der Waals surface area contributed by atoms with Crippen molar-refractivity contribution in [1.82, 2.24) is 9.80 Å². The largest absolute Gasteiger partial charge is 0.342 e. The van der Waals surface area contributed by atoms with Crippen LogP contribution in [0.3, 0.4) is 0 Å². The molecule has 1 atom stereocenters. The normalized spacial score (nSPS) is 22.5. The van der Waals surface area contributed by atoms with Crippen LogP contribution in [0.2, 0.25) is 0 Å². The molecule has 26 heavy (non-hydrogen) atoms. The Balaban J connectivity index is 1.43. The van der Waals surface area contributed by atoms with E-state index in [1.807, 2.05) is 6.07 Å². The Morgan fingerprint density at radius 1 is 1.15 bits per heavy atom. The van der Waals surface area contributed by atoms with Crippen molar-refractivity contribution in [2.75, 3.05) is 32.7 Å². The first-order valence-electron chi connectivity index (χ1n) is 10.4. The van der Waals surface area contributed by atoms with Crippen LogP contribution in [0.5, 0.6) is 0 Å². The van der Waals surface area contributed by atoms with Gasteiger partial charge in [-0.05, 0) is 87.7 Å². The molecule has 144 valence electrons. The molecule has 2 saturated heterocycles. The number of piperidine rings is 2. The van der Waals surface area contributed by atoms with Crippen molar-refractivity contribution in [2.45, 2.75) is 51.9 Å². The highest BCUT2D eigenvalue weighted by Gasteiger charge is 2.27. The molecule has 0 aliphatic carbocycles. The van der Waals surface area contributed by atoms with E-state index in [0.29, 0.717) is 17.7 Å². The van der Waals surface area contributed by atoms with Crippen LogP contribution in [0, 0.1) is 17.7 Å². The summed E-state index contributed by atoms with van der Waals surface area (Å²) in [5.41, 5.74) is 1.07. The molecule has 3 rings (SSSR count). The van der Waals surface area contributed by atoms with Gasteiger partial charge in [0.15, 0.2) is 0 Å². The van der Waals surface area contributed by atoms with Crippen molar-refractivity contribution in [2.24, 2.45) is 11.8 Å². The molecule has 0 N–H and O–H groups in total. The zero-order valence-electron chi connectivity index (χ0n) is 16.1. The first kappa shape index (κ1) is 19.3. The van der Waals surface area contributed by atoms with Crippen molar-refractivity contribution in [1.29, 1.82) is 0 Å². The van der Waals surface area contributed by atoms with Gasteiger partial charge in [0.2, 0.25) is 5.91 Å². The second kappa shape index (κ2) is 9.50. The topological polar surface area (TPSA) is 23.6 Å². The van der Waals surface area contributed by atoms with Gasteiger partial charge in [0.05, 0.1) is 0 Å². The van der Waals surface area contributed by atoms with Crippen LogP contribution in [-0.4, -0.2) is 48.4 Å². The van der Waals surface area contributed by atoms with E-state index < -0.39 is 0 Å². The lowest BCUT2D eigenvalue weighted by atomic mass is 9.89. The average Bonchev–Trinajstić information content (AvgIpc) is 2.67. The highest BCUT2D eigenvalue weighted by atomic mass is 19.1. The molecule has 0 aromatic heterocycles. The molecule has 2 aliphatic rings. The molecule has 1 unspecified atom stereocenters. The van der Waals surface area contributed by atoms with Gasteiger partial charge in [-0.1, -0.05) is 19.1 Å². The first-order chi connectivity index (χ1) is 12.6. The number of carbonyl (C=O) groups is 1. The summed E-state index contributed by atoms with van der Waals surface area (Å²) >= 11 is 0. The van der Waals surface area contributed by atoms with E-state index >= 15 is 0 Å². The first-order valence-corrected chi connectivity index (χ1v) is 10.4. The second-order valence-electron chi connectivity index (χ2n) is 8.10. The SMILES string of the molecule is CCN1CCC(CC(=O)N2CCCC(CCc3cccc(F)c3)C2)CC1. The number of nitrogens with zero attached hydrogens (tertiary/aromatic N) is 2. The van der Waals surface area contributed by atoms with Crippen molar-refractivity contribution in [3.8, 4) is 0 Å². The quantitative estimate of drug-likeness (QED) is 0.762.